The number of halogens is 3. The Morgan fingerprint density at radius 3 is 2.39 bits per heavy atom. The Labute approximate surface area is 158 Å². The Morgan fingerprint density at radius 2 is 1.86 bits per heavy atom. The van der Waals surface area contributed by atoms with Crippen molar-refractivity contribution in [3.63, 3.8) is 0 Å². The van der Waals surface area contributed by atoms with Crippen LogP contribution < -0.4 is 10.1 Å². The minimum Gasteiger partial charge on any atom is -0.479 e. The molecule has 1 atom stereocenters. The van der Waals surface area contributed by atoms with Crippen molar-refractivity contribution in [2.75, 3.05) is 11.9 Å². The Hall–Kier alpha value is -3.30. The SMILES string of the molecule is CCOC(=O)C(C)Oc1ccc(Nc2ccc(C(F)(F)F)cc2[N+](=O)[O-])cc1. The second kappa shape index (κ2) is 8.59. The molecular weight excluding hydrogens is 381 g/mol. The Kier molecular flexibility index (Phi) is 6.45. The average molecular weight is 398 g/mol. The van der Waals surface area contributed by atoms with Crippen molar-refractivity contribution in [1.29, 1.82) is 0 Å². The molecular formula is C18H17F3N2O5. The second-order valence-corrected chi connectivity index (χ2v) is 5.65. The smallest absolute Gasteiger partial charge is 0.416 e. The van der Waals surface area contributed by atoms with E-state index in [1.54, 1.807) is 6.92 Å². The highest BCUT2D eigenvalue weighted by Gasteiger charge is 2.33. The molecule has 0 bridgehead atoms. The molecule has 0 aliphatic rings. The molecule has 10 heteroatoms. The number of carbonyl (C=O) groups excluding carboxylic acids is 1. The van der Waals surface area contributed by atoms with Gasteiger partial charge in [-0.3, -0.25) is 10.1 Å². The molecule has 0 saturated carbocycles. The second-order valence-electron chi connectivity index (χ2n) is 5.65. The molecule has 0 radical (unpaired) electrons. The van der Waals surface area contributed by atoms with Crippen LogP contribution >= 0.6 is 0 Å². The standard InChI is InChI=1S/C18H17F3N2O5/c1-3-27-17(24)11(2)28-14-7-5-13(6-8-14)22-15-9-4-12(18(19,20)21)10-16(15)23(25)26/h4-11,22H,3H2,1-2H3. The summed E-state index contributed by atoms with van der Waals surface area (Å²) < 4.78 is 48.5. The molecule has 0 fully saturated rings. The van der Waals surface area contributed by atoms with E-state index in [2.05, 4.69) is 5.32 Å². The van der Waals surface area contributed by atoms with Crippen LogP contribution in [-0.4, -0.2) is 23.6 Å². The monoisotopic (exact) mass is 398 g/mol. The largest absolute Gasteiger partial charge is 0.479 e. The van der Waals surface area contributed by atoms with Crippen molar-refractivity contribution in [3.05, 3.63) is 58.1 Å². The van der Waals surface area contributed by atoms with E-state index >= 15 is 0 Å². The molecule has 1 N–H and O–H groups in total. The van der Waals surface area contributed by atoms with Crippen LogP contribution in [0.1, 0.15) is 19.4 Å². The molecule has 150 valence electrons. The van der Waals surface area contributed by atoms with Gasteiger partial charge in [-0.05, 0) is 50.2 Å². The molecule has 0 aromatic heterocycles. The van der Waals surface area contributed by atoms with Crippen LogP contribution in [0.2, 0.25) is 0 Å². The van der Waals surface area contributed by atoms with Crippen LogP contribution in [0, 0.1) is 10.1 Å². The molecule has 0 aliphatic heterocycles. The minimum absolute atomic E-state index is 0.0911. The summed E-state index contributed by atoms with van der Waals surface area (Å²) in [5.74, 6) is -0.168. The quantitative estimate of drug-likeness (QED) is 0.413. The summed E-state index contributed by atoms with van der Waals surface area (Å²) >= 11 is 0. The van der Waals surface area contributed by atoms with Crippen LogP contribution in [0.5, 0.6) is 5.75 Å². The maximum Gasteiger partial charge on any atom is 0.416 e. The number of alkyl halides is 3. The lowest BCUT2D eigenvalue weighted by Crippen LogP contribution is -2.26. The molecule has 2 rings (SSSR count). The predicted octanol–water partition coefficient (Wildman–Crippen LogP) is 4.69. The van der Waals surface area contributed by atoms with Crippen molar-refractivity contribution < 1.29 is 32.4 Å². The van der Waals surface area contributed by atoms with E-state index in [0.717, 1.165) is 12.1 Å². The van der Waals surface area contributed by atoms with Gasteiger partial charge in [-0.15, -0.1) is 0 Å². The van der Waals surface area contributed by atoms with Crippen LogP contribution in [-0.2, 0) is 15.7 Å². The molecule has 0 heterocycles. The molecule has 7 nitrogen and oxygen atoms in total. The predicted molar refractivity (Wildman–Crippen MR) is 94.5 cm³/mol. The number of nitro groups is 1. The fourth-order valence-corrected chi connectivity index (χ4v) is 2.25. The van der Waals surface area contributed by atoms with E-state index in [9.17, 15) is 28.1 Å². The summed E-state index contributed by atoms with van der Waals surface area (Å²) in [7, 11) is 0. The third-order valence-corrected chi connectivity index (χ3v) is 3.59. The highest BCUT2D eigenvalue weighted by molar-refractivity contribution is 5.74. The zero-order chi connectivity index (χ0) is 20.9. The number of anilines is 2. The summed E-state index contributed by atoms with van der Waals surface area (Å²) in [6, 6.07) is 8.26. The number of benzene rings is 2. The minimum atomic E-state index is -4.68. The Bertz CT molecular complexity index is 853. The number of esters is 1. The van der Waals surface area contributed by atoms with Crippen molar-refractivity contribution in [2.45, 2.75) is 26.1 Å². The summed E-state index contributed by atoms with van der Waals surface area (Å²) in [5.41, 5.74) is -1.52. The number of nitrogens with zero attached hydrogens (tertiary/aromatic N) is 1. The number of rotatable bonds is 7. The van der Waals surface area contributed by atoms with E-state index in [-0.39, 0.29) is 12.3 Å². The van der Waals surface area contributed by atoms with Gasteiger partial charge in [-0.25, -0.2) is 4.79 Å². The summed E-state index contributed by atoms with van der Waals surface area (Å²) in [4.78, 5) is 21.8. The first-order chi connectivity index (χ1) is 13.1. The Morgan fingerprint density at radius 1 is 1.21 bits per heavy atom. The van der Waals surface area contributed by atoms with Crippen LogP contribution in [0.15, 0.2) is 42.5 Å². The molecule has 0 amide bonds. The Balaban J connectivity index is 2.16. The number of ether oxygens (including phenoxy) is 2. The van der Waals surface area contributed by atoms with Crippen molar-refractivity contribution in [3.8, 4) is 5.75 Å². The third kappa shape index (κ3) is 5.35. The van der Waals surface area contributed by atoms with Gasteiger partial charge in [-0.2, -0.15) is 13.2 Å². The normalized spacial score (nSPS) is 12.2. The van der Waals surface area contributed by atoms with Gasteiger partial charge in [0.15, 0.2) is 6.10 Å². The first-order valence-electron chi connectivity index (χ1n) is 8.17. The molecule has 2 aromatic rings. The summed E-state index contributed by atoms with van der Waals surface area (Å²) in [6.07, 6.45) is -5.51. The van der Waals surface area contributed by atoms with Gasteiger partial charge < -0.3 is 14.8 Å². The number of nitro benzene ring substituents is 1. The lowest BCUT2D eigenvalue weighted by molar-refractivity contribution is -0.384. The average Bonchev–Trinajstić information content (AvgIpc) is 2.62. The van der Waals surface area contributed by atoms with E-state index in [0.29, 0.717) is 17.5 Å². The summed E-state index contributed by atoms with van der Waals surface area (Å²) in [5, 5.41) is 13.8. The topological polar surface area (TPSA) is 90.7 Å². The molecule has 0 saturated heterocycles. The van der Waals surface area contributed by atoms with Gasteiger partial charge in [0.05, 0.1) is 17.1 Å². The lowest BCUT2D eigenvalue weighted by Gasteiger charge is -2.14. The molecule has 28 heavy (non-hydrogen) atoms. The van der Waals surface area contributed by atoms with Crippen LogP contribution in [0.4, 0.5) is 30.2 Å². The van der Waals surface area contributed by atoms with E-state index in [4.69, 9.17) is 9.47 Å². The van der Waals surface area contributed by atoms with Gasteiger partial charge >= 0.3 is 12.1 Å². The lowest BCUT2D eigenvalue weighted by atomic mass is 10.1. The fraction of sp³-hybridized carbons (Fsp3) is 0.278. The van der Waals surface area contributed by atoms with Gasteiger partial charge in [0, 0.05) is 11.8 Å². The number of nitrogens with one attached hydrogen (secondary N) is 1. The van der Waals surface area contributed by atoms with Crippen molar-refractivity contribution in [1.82, 2.24) is 0 Å². The summed E-state index contributed by atoms with van der Waals surface area (Å²) in [6.45, 7) is 3.42. The zero-order valence-corrected chi connectivity index (χ0v) is 14.9. The molecule has 0 aliphatic carbocycles. The molecule has 1 unspecified atom stereocenters. The van der Waals surface area contributed by atoms with Gasteiger partial charge in [-0.1, -0.05) is 0 Å². The maximum absolute atomic E-state index is 12.8. The van der Waals surface area contributed by atoms with Crippen LogP contribution in [0.3, 0.4) is 0 Å². The number of hydrogen-bond donors (Lipinski definition) is 1. The highest BCUT2D eigenvalue weighted by Crippen LogP contribution is 2.36. The van der Waals surface area contributed by atoms with Crippen LogP contribution in [0.25, 0.3) is 0 Å². The van der Waals surface area contributed by atoms with Crippen molar-refractivity contribution in [2.24, 2.45) is 0 Å². The zero-order valence-electron chi connectivity index (χ0n) is 14.9. The van der Waals surface area contributed by atoms with E-state index in [1.165, 1.54) is 31.2 Å². The first-order valence-corrected chi connectivity index (χ1v) is 8.17. The first kappa shape index (κ1) is 21.0. The van der Waals surface area contributed by atoms with Gasteiger partial charge in [0.2, 0.25) is 0 Å². The molecule has 2 aromatic carbocycles. The highest BCUT2D eigenvalue weighted by atomic mass is 19.4. The van der Waals surface area contributed by atoms with E-state index in [1.807, 2.05) is 0 Å². The maximum atomic E-state index is 12.8. The van der Waals surface area contributed by atoms with Crippen molar-refractivity contribution >= 4 is 23.0 Å². The van der Waals surface area contributed by atoms with Gasteiger partial charge in [0.25, 0.3) is 5.69 Å². The molecule has 0 spiro atoms. The third-order valence-electron chi connectivity index (χ3n) is 3.59. The van der Waals surface area contributed by atoms with Gasteiger partial charge in [0.1, 0.15) is 11.4 Å². The van der Waals surface area contributed by atoms with E-state index < -0.39 is 34.4 Å². The fourth-order valence-electron chi connectivity index (χ4n) is 2.25. The number of carbonyl (C=O) groups is 1. The number of hydrogen-bond acceptors (Lipinski definition) is 6.